The molecular formula is C14H25N. The van der Waals surface area contributed by atoms with Gasteiger partial charge in [0.05, 0.1) is 0 Å². The van der Waals surface area contributed by atoms with E-state index in [1.807, 2.05) is 0 Å². The van der Waals surface area contributed by atoms with Gasteiger partial charge in [-0.05, 0) is 38.6 Å². The second-order valence-electron chi connectivity index (χ2n) is 4.50. The lowest BCUT2D eigenvalue weighted by Gasteiger charge is -2.07. The Bertz CT molecular complexity index is 193. The minimum absolute atomic E-state index is 0.818. The molecule has 0 aromatic carbocycles. The van der Waals surface area contributed by atoms with E-state index in [2.05, 4.69) is 24.1 Å². The Kier molecular flexibility index (Phi) is 7.38. The summed E-state index contributed by atoms with van der Waals surface area (Å²) in [5, 5.41) is 3.54. The third kappa shape index (κ3) is 6.57. The molecule has 15 heavy (non-hydrogen) atoms. The van der Waals surface area contributed by atoms with Crippen molar-refractivity contribution in [2.45, 2.75) is 70.8 Å². The predicted molar refractivity (Wildman–Crippen MR) is 66.8 cm³/mol. The van der Waals surface area contributed by atoms with E-state index >= 15 is 0 Å². The van der Waals surface area contributed by atoms with Gasteiger partial charge in [0.15, 0.2) is 0 Å². The molecule has 0 aromatic rings. The van der Waals surface area contributed by atoms with Crippen molar-refractivity contribution < 1.29 is 0 Å². The predicted octanol–water partition coefficient (Wildman–Crippen LogP) is 3.49. The van der Waals surface area contributed by atoms with E-state index in [0.29, 0.717) is 0 Å². The minimum Gasteiger partial charge on any atom is -0.314 e. The lowest BCUT2D eigenvalue weighted by Crippen LogP contribution is -2.20. The number of unbranched alkanes of at least 4 members (excludes halogenated alkanes) is 4. The van der Waals surface area contributed by atoms with E-state index in [9.17, 15) is 0 Å². The molecule has 1 fully saturated rings. The molecule has 1 aliphatic rings. The van der Waals surface area contributed by atoms with Crippen LogP contribution < -0.4 is 5.32 Å². The summed E-state index contributed by atoms with van der Waals surface area (Å²) in [7, 11) is 0. The summed E-state index contributed by atoms with van der Waals surface area (Å²) in [5.41, 5.74) is 0. The minimum atomic E-state index is 0.818. The Balaban J connectivity index is 1.85. The molecule has 1 N–H and O–H groups in total. The van der Waals surface area contributed by atoms with Crippen molar-refractivity contribution in [3.8, 4) is 11.8 Å². The Morgan fingerprint density at radius 1 is 1.13 bits per heavy atom. The van der Waals surface area contributed by atoms with Crippen LogP contribution in [0.3, 0.4) is 0 Å². The second kappa shape index (κ2) is 8.80. The maximum absolute atomic E-state index is 3.54. The van der Waals surface area contributed by atoms with Gasteiger partial charge in [-0.2, -0.15) is 0 Å². The summed E-state index contributed by atoms with van der Waals surface area (Å²) in [6.07, 6.45) is 11.5. The van der Waals surface area contributed by atoms with Crippen molar-refractivity contribution in [2.24, 2.45) is 0 Å². The number of rotatable bonds is 6. The van der Waals surface area contributed by atoms with Crippen LogP contribution in [0, 0.1) is 11.8 Å². The van der Waals surface area contributed by atoms with Crippen molar-refractivity contribution in [1.82, 2.24) is 5.32 Å². The maximum Gasteiger partial charge on any atom is 0.00887 e. The molecule has 1 heterocycles. The molecule has 1 heteroatoms. The largest absolute Gasteiger partial charge is 0.314 e. The maximum atomic E-state index is 3.54. The number of hydrogen-bond donors (Lipinski definition) is 1. The topological polar surface area (TPSA) is 12.0 Å². The Labute approximate surface area is 95.0 Å². The molecule has 1 unspecified atom stereocenters. The van der Waals surface area contributed by atoms with Crippen molar-refractivity contribution >= 4 is 0 Å². The Morgan fingerprint density at radius 3 is 2.60 bits per heavy atom. The molecule has 1 saturated heterocycles. The normalized spacial score (nSPS) is 19.9. The molecule has 0 aromatic heterocycles. The smallest absolute Gasteiger partial charge is 0.00887 e. The third-order valence-corrected chi connectivity index (χ3v) is 3.05. The highest BCUT2D eigenvalue weighted by molar-refractivity contribution is 4.98. The van der Waals surface area contributed by atoms with E-state index < -0.39 is 0 Å². The molecule has 86 valence electrons. The first-order chi connectivity index (χ1) is 7.43. The highest BCUT2D eigenvalue weighted by atomic mass is 14.9. The highest BCUT2D eigenvalue weighted by Gasteiger charge is 2.12. The molecule has 1 rings (SSSR count). The van der Waals surface area contributed by atoms with Gasteiger partial charge in [0.1, 0.15) is 0 Å². The monoisotopic (exact) mass is 207 g/mol. The first-order valence-electron chi connectivity index (χ1n) is 6.62. The molecule has 1 nitrogen and oxygen atoms in total. The van der Waals surface area contributed by atoms with Gasteiger partial charge in [-0.3, -0.25) is 0 Å². The number of hydrogen-bond acceptors (Lipinski definition) is 1. The van der Waals surface area contributed by atoms with Crippen LogP contribution in [-0.2, 0) is 0 Å². The number of nitrogens with one attached hydrogen (secondary N) is 1. The van der Waals surface area contributed by atoms with Crippen molar-refractivity contribution in [3.63, 3.8) is 0 Å². The summed E-state index contributed by atoms with van der Waals surface area (Å²) in [6, 6.07) is 0.818. The van der Waals surface area contributed by atoms with Crippen LogP contribution in [0.2, 0.25) is 0 Å². The fourth-order valence-corrected chi connectivity index (χ4v) is 2.05. The third-order valence-electron chi connectivity index (χ3n) is 3.05. The Hall–Kier alpha value is -0.480. The zero-order chi connectivity index (χ0) is 10.8. The molecule has 1 aliphatic heterocycles. The summed E-state index contributed by atoms with van der Waals surface area (Å²) in [4.78, 5) is 0. The standard InChI is InChI=1S/C14H25N/c1-2-3-4-5-6-7-8-9-11-14-12-10-13-15-14/h14-15H,2-4,7-13H2,1H3. The zero-order valence-corrected chi connectivity index (χ0v) is 10.1. The van der Waals surface area contributed by atoms with Gasteiger partial charge >= 0.3 is 0 Å². The average Bonchev–Trinajstić information content (AvgIpc) is 2.75. The molecule has 0 bridgehead atoms. The fraction of sp³-hybridized carbons (Fsp3) is 0.857. The Morgan fingerprint density at radius 2 is 1.93 bits per heavy atom. The zero-order valence-electron chi connectivity index (χ0n) is 10.1. The second-order valence-corrected chi connectivity index (χ2v) is 4.50. The molecule has 0 spiro atoms. The van der Waals surface area contributed by atoms with Crippen LogP contribution in [0.4, 0.5) is 0 Å². The lowest BCUT2D eigenvalue weighted by atomic mass is 10.1. The van der Waals surface area contributed by atoms with E-state index in [0.717, 1.165) is 18.9 Å². The molecular weight excluding hydrogens is 182 g/mol. The summed E-state index contributed by atoms with van der Waals surface area (Å²) < 4.78 is 0. The average molecular weight is 207 g/mol. The van der Waals surface area contributed by atoms with Gasteiger partial charge < -0.3 is 5.32 Å². The quantitative estimate of drug-likeness (QED) is 0.519. The van der Waals surface area contributed by atoms with Crippen LogP contribution in [0.15, 0.2) is 0 Å². The van der Waals surface area contributed by atoms with E-state index in [1.165, 1.54) is 51.5 Å². The molecule has 0 radical (unpaired) electrons. The first-order valence-corrected chi connectivity index (χ1v) is 6.62. The van der Waals surface area contributed by atoms with E-state index in [4.69, 9.17) is 0 Å². The van der Waals surface area contributed by atoms with Crippen LogP contribution >= 0.6 is 0 Å². The summed E-state index contributed by atoms with van der Waals surface area (Å²) in [5.74, 6) is 6.52. The van der Waals surface area contributed by atoms with E-state index in [1.54, 1.807) is 0 Å². The molecule has 1 atom stereocenters. The summed E-state index contributed by atoms with van der Waals surface area (Å²) >= 11 is 0. The SMILES string of the molecule is CCCCC#CCCCCC1CCCN1. The summed E-state index contributed by atoms with van der Waals surface area (Å²) in [6.45, 7) is 3.46. The van der Waals surface area contributed by atoms with Crippen molar-refractivity contribution in [1.29, 1.82) is 0 Å². The first kappa shape index (κ1) is 12.6. The van der Waals surface area contributed by atoms with Gasteiger partial charge in [-0.15, -0.1) is 11.8 Å². The van der Waals surface area contributed by atoms with Crippen LogP contribution in [0.5, 0.6) is 0 Å². The van der Waals surface area contributed by atoms with Gasteiger partial charge in [0, 0.05) is 18.9 Å². The molecule has 0 aliphatic carbocycles. The van der Waals surface area contributed by atoms with Gasteiger partial charge in [0.2, 0.25) is 0 Å². The molecule has 0 amide bonds. The van der Waals surface area contributed by atoms with Crippen LogP contribution in [0.25, 0.3) is 0 Å². The van der Waals surface area contributed by atoms with Gasteiger partial charge in [-0.25, -0.2) is 0 Å². The van der Waals surface area contributed by atoms with Gasteiger partial charge in [0.25, 0.3) is 0 Å². The van der Waals surface area contributed by atoms with Crippen molar-refractivity contribution in [2.75, 3.05) is 6.54 Å². The lowest BCUT2D eigenvalue weighted by molar-refractivity contribution is 0.526. The fourth-order valence-electron chi connectivity index (χ4n) is 2.05. The van der Waals surface area contributed by atoms with Crippen molar-refractivity contribution in [3.05, 3.63) is 0 Å². The molecule has 0 saturated carbocycles. The van der Waals surface area contributed by atoms with Gasteiger partial charge in [-0.1, -0.05) is 19.8 Å². The van der Waals surface area contributed by atoms with E-state index in [-0.39, 0.29) is 0 Å². The van der Waals surface area contributed by atoms with Crippen LogP contribution in [-0.4, -0.2) is 12.6 Å². The van der Waals surface area contributed by atoms with Crippen LogP contribution in [0.1, 0.15) is 64.7 Å². The highest BCUT2D eigenvalue weighted by Crippen LogP contribution is 2.12.